The summed E-state index contributed by atoms with van der Waals surface area (Å²) < 4.78 is 0. The van der Waals surface area contributed by atoms with Crippen molar-refractivity contribution < 1.29 is 4.79 Å². The minimum Gasteiger partial charge on any atom is -0.338 e. The summed E-state index contributed by atoms with van der Waals surface area (Å²) in [6, 6.07) is 1.15. The molecule has 0 bridgehead atoms. The van der Waals surface area contributed by atoms with E-state index in [1.54, 1.807) is 0 Å². The fourth-order valence-corrected chi connectivity index (χ4v) is 3.00. The number of nitrogens with two attached hydrogens (primary N) is 1. The molecule has 0 radical (unpaired) electrons. The number of carbonyl (C=O) groups excluding carboxylic acids is 1. The summed E-state index contributed by atoms with van der Waals surface area (Å²) in [5.41, 5.74) is 6.08. The zero-order chi connectivity index (χ0) is 12.5. The molecule has 0 aromatic heterocycles. The van der Waals surface area contributed by atoms with Crippen molar-refractivity contribution in [1.29, 1.82) is 0 Å². The quantitative estimate of drug-likeness (QED) is 0.774. The summed E-state index contributed by atoms with van der Waals surface area (Å²) in [6.07, 6.45) is 7.86. The average molecular weight is 288 g/mol. The van der Waals surface area contributed by atoms with Gasteiger partial charge < -0.3 is 16.0 Å². The Kier molecular flexibility index (Phi) is 5.09. The standard InChI is InChI=1S/C14H25N3O.ClH/c15-13(10-3-4-10)8-14(18)17(12-5-6-12)9-11-2-1-7-16-11;/h10-13,16H,1-9,15H2;1H. The van der Waals surface area contributed by atoms with Crippen molar-refractivity contribution in [3.8, 4) is 0 Å². The van der Waals surface area contributed by atoms with E-state index in [4.69, 9.17) is 5.73 Å². The summed E-state index contributed by atoms with van der Waals surface area (Å²) in [5, 5.41) is 3.49. The predicted molar refractivity (Wildman–Crippen MR) is 78.3 cm³/mol. The lowest BCUT2D eigenvalue weighted by atomic mass is 10.1. The van der Waals surface area contributed by atoms with Gasteiger partial charge in [-0.25, -0.2) is 0 Å². The lowest BCUT2D eigenvalue weighted by Gasteiger charge is -2.27. The highest BCUT2D eigenvalue weighted by molar-refractivity contribution is 5.85. The molecule has 110 valence electrons. The van der Waals surface area contributed by atoms with Crippen LogP contribution in [-0.2, 0) is 4.79 Å². The van der Waals surface area contributed by atoms with Crippen LogP contribution in [0.5, 0.6) is 0 Å². The fourth-order valence-electron chi connectivity index (χ4n) is 3.00. The Morgan fingerprint density at radius 3 is 2.53 bits per heavy atom. The van der Waals surface area contributed by atoms with Gasteiger partial charge in [-0.15, -0.1) is 12.4 Å². The molecule has 0 spiro atoms. The van der Waals surface area contributed by atoms with Crippen molar-refractivity contribution in [2.24, 2.45) is 11.7 Å². The molecule has 2 atom stereocenters. The first-order valence-electron chi connectivity index (χ1n) is 7.52. The Morgan fingerprint density at radius 1 is 1.26 bits per heavy atom. The Labute approximate surface area is 121 Å². The normalized spacial score (nSPS) is 27.7. The van der Waals surface area contributed by atoms with Crippen LogP contribution < -0.4 is 11.1 Å². The van der Waals surface area contributed by atoms with Gasteiger partial charge in [-0.2, -0.15) is 0 Å². The number of amides is 1. The number of rotatable bonds is 6. The fraction of sp³-hybridized carbons (Fsp3) is 0.929. The van der Waals surface area contributed by atoms with E-state index in [2.05, 4.69) is 10.2 Å². The summed E-state index contributed by atoms with van der Waals surface area (Å²) in [5.74, 6) is 0.921. The molecular formula is C14H26ClN3O. The van der Waals surface area contributed by atoms with Crippen molar-refractivity contribution in [3.63, 3.8) is 0 Å². The first kappa shape index (κ1) is 15.1. The van der Waals surface area contributed by atoms with Crippen LogP contribution in [0.4, 0.5) is 0 Å². The molecule has 0 aromatic carbocycles. The molecule has 1 amide bonds. The Bertz CT molecular complexity index is 312. The van der Waals surface area contributed by atoms with Gasteiger partial charge in [0.1, 0.15) is 0 Å². The average Bonchev–Trinajstić information content (AvgIpc) is 3.25. The molecule has 19 heavy (non-hydrogen) atoms. The molecular weight excluding hydrogens is 262 g/mol. The molecule has 1 heterocycles. The van der Waals surface area contributed by atoms with Crippen LogP contribution in [0.3, 0.4) is 0 Å². The van der Waals surface area contributed by atoms with Gasteiger partial charge >= 0.3 is 0 Å². The first-order valence-corrected chi connectivity index (χ1v) is 7.52. The number of nitrogens with zero attached hydrogens (tertiary/aromatic N) is 1. The van der Waals surface area contributed by atoms with Crippen molar-refractivity contribution in [2.45, 2.75) is 63.1 Å². The number of carbonyl (C=O) groups is 1. The van der Waals surface area contributed by atoms with Gasteiger partial charge in [0.05, 0.1) is 0 Å². The highest BCUT2D eigenvalue weighted by atomic mass is 35.5. The Morgan fingerprint density at radius 2 is 2.00 bits per heavy atom. The zero-order valence-corrected chi connectivity index (χ0v) is 12.3. The molecule has 2 saturated carbocycles. The number of nitrogens with one attached hydrogen (secondary N) is 1. The third-order valence-electron chi connectivity index (χ3n) is 4.53. The van der Waals surface area contributed by atoms with Gasteiger partial charge in [-0.3, -0.25) is 4.79 Å². The monoisotopic (exact) mass is 287 g/mol. The second kappa shape index (κ2) is 6.42. The molecule has 5 heteroatoms. The highest BCUT2D eigenvalue weighted by Gasteiger charge is 2.37. The van der Waals surface area contributed by atoms with E-state index in [-0.39, 0.29) is 18.4 Å². The molecule has 1 aliphatic heterocycles. The van der Waals surface area contributed by atoms with Gasteiger partial charge in [-0.05, 0) is 51.0 Å². The topological polar surface area (TPSA) is 58.4 Å². The molecule has 3 N–H and O–H groups in total. The van der Waals surface area contributed by atoms with E-state index >= 15 is 0 Å². The molecule has 2 unspecified atom stereocenters. The molecule has 0 aromatic rings. The molecule has 4 nitrogen and oxygen atoms in total. The third kappa shape index (κ3) is 4.07. The summed E-state index contributed by atoms with van der Waals surface area (Å²) in [6.45, 7) is 2.01. The summed E-state index contributed by atoms with van der Waals surface area (Å²) in [7, 11) is 0. The first-order chi connectivity index (χ1) is 8.74. The minimum atomic E-state index is 0. The highest BCUT2D eigenvalue weighted by Crippen LogP contribution is 2.34. The van der Waals surface area contributed by atoms with Gasteiger partial charge in [0, 0.05) is 31.1 Å². The summed E-state index contributed by atoms with van der Waals surface area (Å²) >= 11 is 0. The van der Waals surface area contributed by atoms with E-state index < -0.39 is 0 Å². The van der Waals surface area contributed by atoms with Crippen molar-refractivity contribution >= 4 is 18.3 Å². The SMILES string of the molecule is Cl.NC(CC(=O)N(CC1CCCN1)C1CC1)C1CC1. The molecule has 3 aliphatic rings. The molecule has 3 fully saturated rings. The van der Waals surface area contributed by atoms with Gasteiger partial charge in [-0.1, -0.05) is 0 Å². The lowest BCUT2D eigenvalue weighted by molar-refractivity contribution is -0.132. The second-order valence-electron chi connectivity index (χ2n) is 6.28. The van der Waals surface area contributed by atoms with Gasteiger partial charge in [0.25, 0.3) is 0 Å². The van der Waals surface area contributed by atoms with Crippen LogP contribution in [0.25, 0.3) is 0 Å². The van der Waals surface area contributed by atoms with Crippen LogP contribution in [0.15, 0.2) is 0 Å². The minimum absolute atomic E-state index is 0. The smallest absolute Gasteiger partial charge is 0.224 e. The van der Waals surface area contributed by atoms with Gasteiger partial charge in [0.2, 0.25) is 5.91 Å². The second-order valence-corrected chi connectivity index (χ2v) is 6.28. The van der Waals surface area contributed by atoms with Crippen molar-refractivity contribution in [2.75, 3.05) is 13.1 Å². The van der Waals surface area contributed by atoms with E-state index in [0.717, 1.165) is 13.1 Å². The van der Waals surface area contributed by atoms with Crippen LogP contribution in [0.1, 0.15) is 44.9 Å². The lowest BCUT2D eigenvalue weighted by Crippen LogP contribution is -2.44. The predicted octanol–water partition coefficient (Wildman–Crippen LogP) is 1.28. The van der Waals surface area contributed by atoms with Gasteiger partial charge in [0.15, 0.2) is 0 Å². The Hall–Kier alpha value is -0.320. The van der Waals surface area contributed by atoms with Crippen molar-refractivity contribution in [3.05, 3.63) is 0 Å². The van der Waals surface area contributed by atoms with Crippen LogP contribution in [-0.4, -0.2) is 42.0 Å². The van der Waals surface area contributed by atoms with Crippen LogP contribution in [0.2, 0.25) is 0 Å². The maximum Gasteiger partial charge on any atom is 0.224 e. The Balaban J connectivity index is 0.00000133. The van der Waals surface area contributed by atoms with Crippen molar-refractivity contribution in [1.82, 2.24) is 10.2 Å². The molecule has 3 rings (SSSR count). The maximum absolute atomic E-state index is 12.4. The number of hydrogen-bond acceptors (Lipinski definition) is 3. The van der Waals surface area contributed by atoms with E-state index in [0.29, 0.717) is 30.3 Å². The van der Waals surface area contributed by atoms with Crippen LogP contribution >= 0.6 is 12.4 Å². The molecule has 1 saturated heterocycles. The number of halogens is 1. The van der Waals surface area contributed by atoms with Crippen LogP contribution in [0, 0.1) is 5.92 Å². The van der Waals surface area contributed by atoms with E-state index in [9.17, 15) is 4.79 Å². The third-order valence-corrected chi connectivity index (χ3v) is 4.53. The van der Waals surface area contributed by atoms with E-state index in [1.807, 2.05) is 0 Å². The van der Waals surface area contributed by atoms with E-state index in [1.165, 1.54) is 38.5 Å². The molecule has 2 aliphatic carbocycles. The maximum atomic E-state index is 12.4. The number of hydrogen-bond donors (Lipinski definition) is 2. The largest absolute Gasteiger partial charge is 0.338 e. The summed E-state index contributed by atoms with van der Waals surface area (Å²) in [4.78, 5) is 14.5. The zero-order valence-electron chi connectivity index (χ0n) is 11.5.